The first-order chi connectivity index (χ1) is 7.45. The van der Waals surface area contributed by atoms with Crippen molar-refractivity contribution in [3.05, 3.63) is 12.2 Å². The summed E-state index contributed by atoms with van der Waals surface area (Å²) in [5.41, 5.74) is 0.790. The van der Waals surface area contributed by atoms with Crippen molar-refractivity contribution in [3.63, 3.8) is 0 Å². The molecule has 1 N–H and O–H groups in total. The van der Waals surface area contributed by atoms with Crippen LogP contribution in [0, 0.1) is 17.3 Å². The summed E-state index contributed by atoms with van der Waals surface area (Å²) in [5.74, 6) is 1.08. The summed E-state index contributed by atoms with van der Waals surface area (Å²) in [6.07, 6.45) is 7.17. The zero-order valence-electron chi connectivity index (χ0n) is 11.1. The Bertz CT molecular complexity index is 292. The summed E-state index contributed by atoms with van der Waals surface area (Å²) in [7, 11) is 0. The van der Waals surface area contributed by atoms with Crippen LogP contribution in [0.5, 0.6) is 0 Å². The zero-order valence-corrected chi connectivity index (χ0v) is 11.1. The maximum absolute atomic E-state index is 10.9. The molecule has 2 aliphatic rings. The van der Waals surface area contributed by atoms with Crippen LogP contribution in [0.2, 0.25) is 0 Å². The maximum atomic E-state index is 10.9. The number of fused-ring (bicyclic) bond motifs is 2. The van der Waals surface area contributed by atoms with E-state index < -0.39 is 5.60 Å². The van der Waals surface area contributed by atoms with Crippen molar-refractivity contribution in [1.82, 2.24) is 0 Å². The molecule has 16 heavy (non-hydrogen) atoms. The normalized spacial score (nSPS) is 40.6. The molecule has 1 heteroatoms. The molecule has 0 aromatic heterocycles. The second-order valence-corrected chi connectivity index (χ2v) is 6.32. The lowest BCUT2D eigenvalue weighted by Crippen LogP contribution is -2.44. The van der Waals surface area contributed by atoms with Crippen molar-refractivity contribution in [2.75, 3.05) is 0 Å². The van der Waals surface area contributed by atoms with Gasteiger partial charge in [-0.15, -0.1) is 0 Å². The highest BCUT2D eigenvalue weighted by atomic mass is 16.3. The summed E-state index contributed by atoms with van der Waals surface area (Å²) in [4.78, 5) is 0. The Morgan fingerprint density at radius 1 is 1.38 bits per heavy atom. The van der Waals surface area contributed by atoms with Gasteiger partial charge in [0.25, 0.3) is 0 Å². The Hall–Kier alpha value is -0.300. The zero-order chi connectivity index (χ0) is 12.0. The van der Waals surface area contributed by atoms with Crippen LogP contribution < -0.4 is 0 Å². The first-order valence-corrected chi connectivity index (χ1v) is 6.87. The van der Waals surface area contributed by atoms with Gasteiger partial charge in [0.2, 0.25) is 0 Å². The van der Waals surface area contributed by atoms with Crippen LogP contribution in [-0.2, 0) is 0 Å². The lowest BCUT2D eigenvalue weighted by atomic mass is 9.69. The van der Waals surface area contributed by atoms with Crippen molar-refractivity contribution in [1.29, 1.82) is 0 Å². The fourth-order valence-corrected chi connectivity index (χ4v) is 4.08. The largest absolute Gasteiger partial charge is 0.389 e. The minimum absolute atomic E-state index is 0.0627. The highest BCUT2D eigenvalue weighted by Crippen LogP contribution is 2.65. The number of hydrogen-bond acceptors (Lipinski definition) is 1. The Kier molecular flexibility index (Phi) is 2.94. The SMILES string of the molecule is C=C1[C@@H]2CC[C@@](O)([C@H]2CCCCC)C1(C)C. The van der Waals surface area contributed by atoms with E-state index in [4.69, 9.17) is 0 Å². The van der Waals surface area contributed by atoms with Crippen LogP contribution in [-0.4, -0.2) is 10.7 Å². The second kappa shape index (κ2) is 3.87. The van der Waals surface area contributed by atoms with Crippen molar-refractivity contribution < 1.29 is 5.11 Å². The van der Waals surface area contributed by atoms with E-state index >= 15 is 0 Å². The smallest absolute Gasteiger partial charge is 0.0769 e. The van der Waals surface area contributed by atoms with Crippen LogP contribution in [0.25, 0.3) is 0 Å². The van der Waals surface area contributed by atoms with Gasteiger partial charge in [0, 0.05) is 5.41 Å². The summed E-state index contributed by atoms with van der Waals surface area (Å²) in [6.45, 7) is 10.9. The van der Waals surface area contributed by atoms with Gasteiger partial charge in [-0.2, -0.15) is 0 Å². The molecule has 3 atom stereocenters. The molecule has 0 aromatic carbocycles. The summed E-state index contributed by atoms with van der Waals surface area (Å²) < 4.78 is 0. The van der Waals surface area contributed by atoms with E-state index in [1.807, 2.05) is 0 Å². The van der Waals surface area contributed by atoms with Gasteiger partial charge in [-0.3, -0.25) is 0 Å². The van der Waals surface area contributed by atoms with Gasteiger partial charge in [-0.1, -0.05) is 52.2 Å². The molecule has 0 unspecified atom stereocenters. The van der Waals surface area contributed by atoms with Crippen molar-refractivity contribution in [2.24, 2.45) is 17.3 Å². The molecule has 0 spiro atoms. The average molecular weight is 222 g/mol. The number of unbranched alkanes of at least 4 members (excludes halogenated alkanes) is 2. The first kappa shape index (κ1) is 12.2. The van der Waals surface area contributed by atoms with E-state index in [9.17, 15) is 5.11 Å². The Morgan fingerprint density at radius 2 is 2.06 bits per heavy atom. The average Bonchev–Trinajstić information content (AvgIpc) is 2.62. The molecule has 2 saturated carbocycles. The van der Waals surface area contributed by atoms with E-state index in [0.29, 0.717) is 11.8 Å². The van der Waals surface area contributed by atoms with Gasteiger partial charge in [0.1, 0.15) is 0 Å². The van der Waals surface area contributed by atoms with Gasteiger partial charge < -0.3 is 5.11 Å². The van der Waals surface area contributed by atoms with Gasteiger partial charge in [0.05, 0.1) is 5.60 Å². The predicted molar refractivity (Wildman–Crippen MR) is 68.2 cm³/mol. The van der Waals surface area contributed by atoms with E-state index in [1.165, 1.54) is 31.3 Å². The van der Waals surface area contributed by atoms with Gasteiger partial charge >= 0.3 is 0 Å². The van der Waals surface area contributed by atoms with Crippen molar-refractivity contribution in [3.8, 4) is 0 Å². The quantitative estimate of drug-likeness (QED) is 0.564. The second-order valence-electron chi connectivity index (χ2n) is 6.32. The fraction of sp³-hybridized carbons (Fsp3) is 0.867. The third-order valence-electron chi connectivity index (χ3n) is 5.39. The van der Waals surface area contributed by atoms with Gasteiger partial charge in [-0.25, -0.2) is 0 Å². The molecule has 1 nitrogen and oxygen atoms in total. The molecule has 0 heterocycles. The molecular formula is C15H26O. The number of aliphatic hydroxyl groups is 1. The summed E-state index contributed by atoms with van der Waals surface area (Å²) in [6, 6.07) is 0. The molecule has 2 bridgehead atoms. The van der Waals surface area contributed by atoms with Crippen LogP contribution in [0.4, 0.5) is 0 Å². The Morgan fingerprint density at radius 3 is 2.56 bits per heavy atom. The lowest BCUT2D eigenvalue weighted by molar-refractivity contribution is -0.0621. The van der Waals surface area contributed by atoms with Crippen LogP contribution in [0.1, 0.15) is 59.3 Å². The van der Waals surface area contributed by atoms with Gasteiger partial charge in [-0.05, 0) is 31.1 Å². The molecule has 92 valence electrons. The molecule has 0 radical (unpaired) electrons. The molecule has 2 aliphatic carbocycles. The molecule has 0 amide bonds. The molecule has 0 saturated heterocycles. The molecule has 0 aliphatic heterocycles. The van der Waals surface area contributed by atoms with Crippen molar-refractivity contribution in [2.45, 2.75) is 64.9 Å². The standard InChI is InChI=1S/C15H26O/c1-5-6-7-8-13-12-9-10-15(13,16)14(3,4)11(12)2/h12-13,16H,2,5-10H2,1,3-4H3/t12-,13-,15+/m0/s1. The number of rotatable bonds is 4. The molecule has 0 aromatic rings. The van der Waals surface area contributed by atoms with Crippen LogP contribution in [0.15, 0.2) is 12.2 Å². The predicted octanol–water partition coefficient (Wildman–Crippen LogP) is 3.92. The minimum Gasteiger partial charge on any atom is -0.389 e. The summed E-state index contributed by atoms with van der Waals surface area (Å²) in [5, 5.41) is 10.9. The van der Waals surface area contributed by atoms with Gasteiger partial charge in [0.15, 0.2) is 0 Å². The monoisotopic (exact) mass is 222 g/mol. The third kappa shape index (κ3) is 1.40. The maximum Gasteiger partial charge on any atom is 0.0769 e. The Labute approximate surface area is 99.9 Å². The lowest BCUT2D eigenvalue weighted by Gasteiger charge is -2.40. The summed E-state index contributed by atoms with van der Waals surface area (Å²) >= 11 is 0. The van der Waals surface area contributed by atoms with Crippen LogP contribution in [0.3, 0.4) is 0 Å². The van der Waals surface area contributed by atoms with E-state index in [-0.39, 0.29) is 5.41 Å². The molecular weight excluding hydrogens is 196 g/mol. The van der Waals surface area contributed by atoms with E-state index in [2.05, 4.69) is 27.4 Å². The first-order valence-electron chi connectivity index (χ1n) is 6.87. The minimum atomic E-state index is -0.456. The van der Waals surface area contributed by atoms with E-state index in [1.54, 1.807) is 0 Å². The van der Waals surface area contributed by atoms with Crippen LogP contribution >= 0.6 is 0 Å². The highest BCUT2D eigenvalue weighted by molar-refractivity contribution is 5.32. The third-order valence-corrected chi connectivity index (χ3v) is 5.39. The number of hydrogen-bond donors (Lipinski definition) is 1. The topological polar surface area (TPSA) is 20.2 Å². The Balaban J connectivity index is 2.13. The molecule has 2 rings (SSSR count). The molecule has 2 fully saturated rings. The highest BCUT2D eigenvalue weighted by Gasteiger charge is 2.64. The van der Waals surface area contributed by atoms with Crippen molar-refractivity contribution >= 4 is 0 Å². The van der Waals surface area contributed by atoms with E-state index in [0.717, 1.165) is 12.8 Å². The fourth-order valence-electron chi connectivity index (χ4n) is 4.08.